The molecule has 9 aromatic carbocycles. The molecule has 0 amide bonds. The number of rotatable bonds is 4. The highest BCUT2D eigenvalue weighted by Crippen LogP contribution is 2.51. The summed E-state index contributed by atoms with van der Waals surface area (Å²) < 4.78 is 153. The van der Waals surface area contributed by atoms with Gasteiger partial charge in [0, 0.05) is 43.1 Å². The molecule has 286 valence electrons. The average molecular weight is 805 g/mol. The molecule has 6 nitrogen and oxygen atoms in total. The summed E-state index contributed by atoms with van der Waals surface area (Å²) in [6.45, 7) is 9.53. The Labute approximate surface area is 377 Å². The minimum absolute atomic E-state index is 0.0503. The zero-order valence-corrected chi connectivity index (χ0v) is 31.9. The molecule has 62 heavy (non-hydrogen) atoms. The summed E-state index contributed by atoms with van der Waals surface area (Å²) in [7, 11) is 0. The van der Waals surface area contributed by atoms with Crippen molar-refractivity contribution in [1.29, 1.82) is 5.26 Å². The average Bonchev–Trinajstić information content (AvgIpc) is 4.22. The molecule has 0 spiro atoms. The summed E-state index contributed by atoms with van der Waals surface area (Å²) in [6, 6.07) is 20.6. The number of fused-ring (bicyclic) bond motifs is 12. The van der Waals surface area contributed by atoms with E-state index >= 15 is 0 Å². The van der Waals surface area contributed by atoms with Gasteiger partial charge >= 0.3 is 0 Å². The molecule has 0 saturated carbocycles. The fraction of sp³-hybridized carbons (Fsp3) is 0. The summed E-state index contributed by atoms with van der Waals surface area (Å²) in [6.07, 6.45) is 0. The van der Waals surface area contributed by atoms with Gasteiger partial charge in [-0.15, -0.1) is 0 Å². The molecular weight excluding hydrogens is 757 g/mol. The van der Waals surface area contributed by atoms with E-state index in [9.17, 15) is 22.8 Å². The van der Waals surface area contributed by atoms with E-state index in [0.29, 0.717) is 0 Å². The van der Waals surface area contributed by atoms with E-state index in [4.69, 9.17) is 11.0 Å². The molecule has 6 heteroatoms. The molecule has 0 aliphatic rings. The van der Waals surface area contributed by atoms with Crippen LogP contribution in [0.3, 0.4) is 0 Å². The summed E-state index contributed by atoms with van der Waals surface area (Å²) in [5.41, 5.74) is -1.31. The number of nitriles is 1. The van der Waals surface area contributed by atoms with Crippen LogP contribution in [0.2, 0.25) is 0 Å². The van der Waals surface area contributed by atoms with Crippen molar-refractivity contribution < 1.29 is 21.9 Å². The number of hydrogen-bond donors (Lipinski definition) is 0. The second-order valence-electron chi connectivity index (χ2n) is 14.6. The first kappa shape index (κ1) is 22.0. The van der Waals surface area contributed by atoms with Crippen molar-refractivity contribution in [1.82, 2.24) is 18.3 Å². The van der Waals surface area contributed by atoms with Gasteiger partial charge in [-0.3, -0.25) is 0 Å². The molecule has 0 aliphatic heterocycles. The summed E-state index contributed by atoms with van der Waals surface area (Å²) in [4.78, 5) is 4.29. The molecule has 0 aliphatic carbocycles. The van der Waals surface area contributed by atoms with Crippen LogP contribution in [0.4, 0.5) is 5.69 Å². The van der Waals surface area contributed by atoms with Crippen LogP contribution in [-0.2, 0) is 0 Å². The summed E-state index contributed by atoms with van der Waals surface area (Å²) in [5, 5.41) is 13.3. The minimum Gasteiger partial charge on any atom is -0.318 e. The molecule has 0 unspecified atom stereocenters. The minimum atomic E-state index is -0.419. The highest BCUT2D eigenvalue weighted by atomic mass is 15.1. The van der Waals surface area contributed by atoms with Crippen LogP contribution in [0.15, 0.2) is 194 Å². The molecule has 0 N–H and O–H groups in total. The maximum absolute atomic E-state index is 12.4. The van der Waals surface area contributed by atoms with Crippen LogP contribution in [0.25, 0.3) is 115 Å². The molecule has 4 aromatic heterocycles. The SMILES string of the molecule is [2H]c1cc([2H])c2c3c([2H])cc([2H])cc3n(-c3c(C#N)c(-n4c5cc([2H])cc([2H])c5c5c([2H])cc([2H])cc54)c(-n4c5cc([2H])cc([2H])c5c5c([2H])cc([2H])cc54)c(-n4c5cc([2H])cc([2H])c5c5c([2H])cc([2H])cc54)c3[N+]#[C-])c2c1. The van der Waals surface area contributed by atoms with Crippen molar-refractivity contribution in [2.45, 2.75) is 0 Å². The fourth-order valence-electron chi connectivity index (χ4n) is 9.30. The van der Waals surface area contributed by atoms with Crippen LogP contribution in [0, 0.1) is 17.9 Å². The molecule has 0 bridgehead atoms. The van der Waals surface area contributed by atoms with Gasteiger partial charge in [0.05, 0.1) is 101 Å². The van der Waals surface area contributed by atoms with Crippen molar-refractivity contribution >= 4 is 92.9 Å². The Morgan fingerprint density at radius 3 is 0.871 bits per heavy atom. The van der Waals surface area contributed by atoms with Gasteiger partial charge in [0.1, 0.15) is 6.07 Å². The third-order valence-electron chi connectivity index (χ3n) is 11.6. The Balaban J connectivity index is 1.47. The van der Waals surface area contributed by atoms with Gasteiger partial charge in [-0.25, -0.2) is 4.85 Å². The molecule has 0 saturated heterocycles. The summed E-state index contributed by atoms with van der Waals surface area (Å²) >= 11 is 0. The van der Waals surface area contributed by atoms with E-state index in [1.807, 2.05) is 0 Å². The van der Waals surface area contributed by atoms with Crippen molar-refractivity contribution in [3.63, 3.8) is 0 Å². The fourth-order valence-corrected chi connectivity index (χ4v) is 9.30. The maximum atomic E-state index is 12.4. The first-order valence-electron chi connectivity index (χ1n) is 27.3. The molecule has 13 aromatic rings. The van der Waals surface area contributed by atoms with Gasteiger partial charge in [0.25, 0.3) is 0 Å². The van der Waals surface area contributed by atoms with Crippen molar-refractivity contribution in [3.05, 3.63) is 211 Å². The normalized spacial score (nSPS) is 15.5. The largest absolute Gasteiger partial charge is 0.318 e. The lowest BCUT2D eigenvalue weighted by atomic mass is 10.0. The predicted octanol–water partition coefficient (Wildman–Crippen LogP) is 14.5. The maximum Gasteiger partial charge on any atom is 0.237 e. The zero-order chi connectivity index (χ0) is 55.0. The van der Waals surface area contributed by atoms with Crippen LogP contribution in [-0.4, -0.2) is 18.3 Å². The summed E-state index contributed by atoms with van der Waals surface area (Å²) in [5.74, 6) is 0. The molecule has 0 atom stereocenters. The van der Waals surface area contributed by atoms with Crippen molar-refractivity contribution in [2.24, 2.45) is 0 Å². The smallest absolute Gasteiger partial charge is 0.237 e. The lowest BCUT2D eigenvalue weighted by Gasteiger charge is -2.27. The van der Waals surface area contributed by atoms with Crippen molar-refractivity contribution in [3.8, 4) is 28.8 Å². The van der Waals surface area contributed by atoms with E-state index in [1.54, 1.807) is 0 Å². The Bertz CT molecular complexity index is 4650. The number of nitrogens with zero attached hydrogens (tertiary/aromatic N) is 6. The monoisotopic (exact) mass is 804 g/mol. The van der Waals surface area contributed by atoms with Gasteiger partial charge in [0.15, 0.2) is 0 Å². The van der Waals surface area contributed by atoms with E-state index in [0.717, 1.165) is 0 Å². The highest BCUT2D eigenvalue weighted by Gasteiger charge is 2.34. The van der Waals surface area contributed by atoms with Crippen LogP contribution < -0.4 is 0 Å². The van der Waals surface area contributed by atoms with E-state index < -0.39 is 11.3 Å². The predicted molar refractivity (Wildman–Crippen MR) is 255 cm³/mol. The van der Waals surface area contributed by atoms with Gasteiger partial charge in [-0.1, -0.05) is 145 Å². The number of benzene rings is 9. The van der Waals surface area contributed by atoms with Gasteiger partial charge in [-0.05, 0) is 48.5 Å². The Hall–Kier alpha value is -8.84. The molecule has 4 heterocycles. The molecule has 13 rings (SSSR count). The Kier molecular flexibility index (Phi) is 4.54. The van der Waals surface area contributed by atoms with Gasteiger partial charge in [0.2, 0.25) is 5.69 Å². The molecular formula is C56H32N6. The highest BCUT2D eigenvalue weighted by molar-refractivity contribution is 6.16. The van der Waals surface area contributed by atoms with Crippen LogP contribution in [0.5, 0.6) is 0 Å². The van der Waals surface area contributed by atoms with E-state index in [-0.39, 0.29) is 207 Å². The van der Waals surface area contributed by atoms with Gasteiger partial charge in [-0.2, -0.15) is 5.26 Å². The Morgan fingerprint density at radius 1 is 0.371 bits per heavy atom. The third-order valence-corrected chi connectivity index (χ3v) is 11.6. The standard InChI is InChI=1S/C56H32N6/c1-58-52-53(59-44-26-10-2-18-35(44)36-19-3-11-27-45(36)59)43(34-57)54(60-46-28-12-4-20-37(46)38-21-5-13-29-47(38)60)56(62-50-32-16-8-24-41(50)42-25-9-17-33-51(42)62)55(52)61-48-30-14-6-22-39(48)40-23-7-15-31-49(40)61/h2-33H/i10D,11D,12D,13D,14D,15D,16D,17D,18D,19D,20D,21D,22D,23D,24D,25D. The lowest BCUT2D eigenvalue weighted by Crippen LogP contribution is -2.14. The second kappa shape index (κ2) is 12.8. The zero-order valence-electron chi connectivity index (χ0n) is 47.9. The molecule has 0 radical (unpaired) electrons. The topological polar surface area (TPSA) is 47.9 Å². The van der Waals surface area contributed by atoms with Crippen LogP contribution in [0.1, 0.15) is 27.5 Å². The van der Waals surface area contributed by atoms with E-state index in [1.165, 1.54) is 115 Å². The van der Waals surface area contributed by atoms with E-state index in [2.05, 4.69) is 10.9 Å². The lowest BCUT2D eigenvalue weighted by molar-refractivity contribution is 1.03. The van der Waals surface area contributed by atoms with Gasteiger partial charge < -0.3 is 18.3 Å². The Morgan fingerprint density at radius 2 is 0.613 bits per heavy atom. The number of para-hydroxylation sites is 8. The number of aromatic nitrogens is 4. The first-order valence-corrected chi connectivity index (χ1v) is 19.3. The second-order valence-corrected chi connectivity index (χ2v) is 14.6. The first-order chi connectivity index (χ1) is 37.2. The number of hydrogen-bond acceptors (Lipinski definition) is 1. The quantitative estimate of drug-likeness (QED) is 0.163. The molecule has 0 fully saturated rings. The van der Waals surface area contributed by atoms with Crippen LogP contribution >= 0.6 is 0 Å². The third kappa shape index (κ3) is 4.39. The van der Waals surface area contributed by atoms with Crippen molar-refractivity contribution in [2.75, 3.05) is 0 Å².